The lowest BCUT2D eigenvalue weighted by atomic mass is 10.1. The second-order valence-electron chi connectivity index (χ2n) is 6.97. The molecule has 1 aromatic heterocycles. The molecule has 0 spiro atoms. The highest BCUT2D eigenvalue weighted by molar-refractivity contribution is 6.02. The predicted molar refractivity (Wildman–Crippen MR) is 86.5 cm³/mol. The first-order chi connectivity index (χ1) is 11.0. The van der Waals surface area contributed by atoms with E-state index in [0.717, 1.165) is 25.7 Å². The van der Waals surface area contributed by atoms with Crippen molar-refractivity contribution in [2.75, 3.05) is 0 Å². The smallest absolute Gasteiger partial charge is 0.360 e. The highest BCUT2D eigenvalue weighted by Crippen LogP contribution is 2.56. The molecule has 2 saturated carbocycles. The largest absolute Gasteiger partial charge is 0.454 e. The number of fused-ring (bicyclic) bond motifs is 1. The fourth-order valence-corrected chi connectivity index (χ4v) is 3.27. The van der Waals surface area contributed by atoms with E-state index < -0.39 is 5.97 Å². The molecular weight excluding hydrogens is 292 g/mol. The summed E-state index contributed by atoms with van der Waals surface area (Å²) in [5, 5.41) is 5.41. The van der Waals surface area contributed by atoms with E-state index in [-0.39, 0.29) is 22.9 Å². The van der Waals surface area contributed by atoms with E-state index >= 15 is 0 Å². The topological polar surface area (TPSA) is 61.2 Å². The van der Waals surface area contributed by atoms with E-state index in [4.69, 9.17) is 4.74 Å². The van der Waals surface area contributed by atoms with Gasteiger partial charge in [0.05, 0.1) is 11.4 Å². The normalized spacial score (nSPS) is 19.1. The molecular formula is C18H20N2O3. The van der Waals surface area contributed by atoms with Gasteiger partial charge in [0, 0.05) is 5.39 Å². The molecule has 120 valence electrons. The van der Waals surface area contributed by atoms with Crippen LogP contribution in [0, 0.1) is 5.92 Å². The summed E-state index contributed by atoms with van der Waals surface area (Å²) < 4.78 is 7.20. The van der Waals surface area contributed by atoms with Crippen molar-refractivity contribution in [3.05, 3.63) is 40.3 Å². The first-order valence-corrected chi connectivity index (χ1v) is 8.27. The van der Waals surface area contributed by atoms with Gasteiger partial charge in [-0.2, -0.15) is 5.10 Å². The zero-order chi connectivity index (χ0) is 16.2. The van der Waals surface area contributed by atoms with Gasteiger partial charge in [0.2, 0.25) is 0 Å². The van der Waals surface area contributed by atoms with Crippen LogP contribution in [-0.2, 0) is 4.74 Å². The fraction of sp³-hybridized carbons (Fsp3) is 0.500. The van der Waals surface area contributed by atoms with E-state index in [1.165, 1.54) is 4.68 Å². The summed E-state index contributed by atoms with van der Waals surface area (Å²) >= 11 is 0. The molecule has 0 radical (unpaired) electrons. The van der Waals surface area contributed by atoms with Crippen molar-refractivity contribution >= 4 is 16.7 Å². The number of benzene rings is 1. The van der Waals surface area contributed by atoms with Crippen LogP contribution in [-0.4, -0.2) is 21.4 Å². The van der Waals surface area contributed by atoms with Crippen molar-refractivity contribution in [2.45, 2.75) is 51.2 Å². The van der Waals surface area contributed by atoms with E-state index in [1.54, 1.807) is 18.2 Å². The highest BCUT2D eigenvalue weighted by atomic mass is 16.6. The number of nitrogens with zero attached hydrogens (tertiary/aromatic N) is 2. The Labute approximate surface area is 134 Å². The summed E-state index contributed by atoms with van der Waals surface area (Å²) in [6.45, 7) is 3.76. The van der Waals surface area contributed by atoms with Gasteiger partial charge in [0.25, 0.3) is 5.56 Å². The minimum Gasteiger partial charge on any atom is -0.454 e. The van der Waals surface area contributed by atoms with Crippen LogP contribution >= 0.6 is 0 Å². The number of rotatable bonds is 4. The van der Waals surface area contributed by atoms with Gasteiger partial charge in [-0.1, -0.05) is 18.2 Å². The van der Waals surface area contributed by atoms with E-state index in [2.05, 4.69) is 5.10 Å². The third kappa shape index (κ3) is 2.35. The van der Waals surface area contributed by atoms with Crippen LogP contribution in [0.25, 0.3) is 10.8 Å². The molecule has 0 unspecified atom stereocenters. The van der Waals surface area contributed by atoms with Crippen molar-refractivity contribution in [3.63, 3.8) is 0 Å². The summed E-state index contributed by atoms with van der Waals surface area (Å²) in [7, 11) is 0. The number of ether oxygens (including phenoxy) is 1. The average molecular weight is 312 g/mol. The second kappa shape index (κ2) is 4.91. The summed E-state index contributed by atoms with van der Waals surface area (Å²) in [6.07, 6.45) is 4.19. The zero-order valence-electron chi connectivity index (χ0n) is 13.4. The molecule has 0 bridgehead atoms. The van der Waals surface area contributed by atoms with Gasteiger partial charge >= 0.3 is 5.97 Å². The Balaban J connectivity index is 1.80. The Morgan fingerprint density at radius 2 is 1.91 bits per heavy atom. The molecule has 0 amide bonds. The second-order valence-corrected chi connectivity index (χ2v) is 6.97. The maximum atomic E-state index is 12.7. The molecule has 5 heteroatoms. The van der Waals surface area contributed by atoms with Crippen LogP contribution in [0.5, 0.6) is 0 Å². The molecule has 23 heavy (non-hydrogen) atoms. The molecule has 2 fully saturated rings. The van der Waals surface area contributed by atoms with Crippen LogP contribution in [0.4, 0.5) is 0 Å². The molecule has 0 N–H and O–H groups in total. The SMILES string of the molecule is CC(C)n1nc(C(=O)OC2(C3CC3)CC2)c2ccccc2c1=O. The molecule has 1 heterocycles. The molecule has 1 aromatic carbocycles. The molecule has 0 atom stereocenters. The monoisotopic (exact) mass is 312 g/mol. The van der Waals surface area contributed by atoms with Crippen LogP contribution in [0.1, 0.15) is 56.1 Å². The number of esters is 1. The minimum absolute atomic E-state index is 0.114. The minimum atomic E-state index is -0.403. The number of hydrogen-bond acceptors (Lipinski definition) is 4. The van der Waals surface area contributed by atoms with Crippen molar-refractivity contribution < 1.29 is 9.53 Å². The lowest BCUT2D eigenvalue weighted by Gasteiger charge is -2.17. The number of carbonyl (C=O) groups excluding carboxylic acids is 1. The Morgan fingerprint density at radius 3 is 2.48 bits per heavy atom. The van der Waals surface area contributed by atoms with Crippen molar-refractivity contribution in [1.82, 2.24) is 9.78 Å². The maximum Gasteiger partial charge on any atom is 0.360 e. The first-order valence-electron chi connectivity index (χ1n) is 8.27. The van der Waals surface area contributed by atoms with Gasteiger partial charge in [-0.15, -0.1) is 0 Å². The van der Waals surface area contributed by atoms with Crippen LogP contribution in [0.15, 0.2) is 29.1 Å². The lowest BCUT2D eigenvalue weighted by molar-refractivity contribution is 0.0153. The summed E-state index contributed by atoms with van der Waals surface area (Å²) in [4.78, 5) is 25.2. The van der Waals surface area contributed by atoms with E-state index in [1.807, 2.05) is 19.9 Å². The molecule has 4 rings (SSSR count). The fourth-order valence-electron chi connectivity index (χ4n) is 3.27. The first kappa shape index (κ1) is 14.4. The quantitative estimate of drug-likeness (QED) is 0.814. The van der Waals surface area contributed by atoms with Gasteiger partial charge in [-0.25, -0.2) is 9.48 Å². The highest BCUT2D eigenvalue weighted by Gasteiger charge is 2.57. The van der Waals surface area contributed by atoms with Crippen LogP contribution in [0.2, 0.25) is 0 Å². The molecule has 0 aliphatic heterocycles. The molecule has 2 aliphatic carbocycles. The number of aromatic nitrogens is 2. The molecule has 0 saturated heterocycles. The van der Waals surface area contributed by atoms with Crippen molar-refractivity contribution in [3.8, 4) is 0 Å². The Kier molecular flexibility index (Phi) is 3.08. The summed E-state index contributed by atoms with van der Waals surface area (Å²) in [5.41, 5.74) is -0.171. The van der Waals surface area contributed by atoms with Crippen molar-refractivity contribution in [1.29, 1.82) is 0 Å². The average Bonchev–Trinajstić information content (AvgIpc) is 3.41. The van der Waals surface area contributed by atoms with Crippen LogP contribution in [0.3, 0.4) is 0 Å². The van der Waals surface area contributed by atoms with E-state index in [9.17, 15) is 9.59 Å². The third-order valence-electron chi connectivity index (χ3n) is 4.87. The number of carbonyl (C=O) groups is 1. The lowest BCUT2D eigenvalue weighted by Crippen LogP contribution is -2.29. The van der Waals surface area contributed by atoms with Gasteiger partial charge in [-0.3, -0.25) is 4.79 Å². The van der Waals surface area contributed by atoms with Gasteiger partial charge < -0.3 is 4.74 Å². The molecule has 2 aliphatic rings. The van der Waals surface area contributed by atoms with Crippen molar-refractivity contribution in [2.24, 2.45) is 5.92 Å². The standard InChI is InChI=1S/C18H20N2O3/c1-11(2)20-16(21)14-6-4-3-5-13(14)15(19-20)17(22)23-18(9-10-18)12-7-8-12/h3-6,11-12H,7-10H2,1-2H3. The van der Waals surface area contributed by atoms with E-state index in [0.29, 0.717) is 16.7 Å². The van der Waals surface area contributed by atoms with Gasteiger partial charge in [0.1, 0.15) is 5.60 Å². The Morgan fingerprint density at radius 1 is 1.26 bits per heavy atom. The predicted octanol–water partition coefficient (Wildman–Crippen LogP) is 3.08. The molecule has 5 nitrogen and oxygen atoms in total. The zero-order valence-corrected chi connectivity index (χ0v) is 13.4. The van der Waals surface area contributed by atoms with Gasteiger partial charge in [0.15, 0.2) is 5.69 Å². The maximum absolute atomic E-state index is 12.7. The number of hydrogen-bond donors (Lipinski definition) is 0. The Hall–Kier alpha value is -2.17. The molecule has 2 aromatic rings. The Bertz CT molecular complexity index is 845. The van der Waals surface area contributed by atoms with Gasteiger partial charge in [-0.05, 0) is 51.5 Å². The third-order valence-corrected chi connectivity index (χ3v) is 4.87. The van der Waals surface area contributed by atoms with Crippen LogP contribution < -0.4 is 5.56 Å². The summed E-state index contributed by atoms with van der Waals surface area (Å²) in [5.74, 6) is 0.119. The summed E-state index contributed by atoms with van der Waals surface area (Å²) in [6, 6.07) is 7.01.